The molecule has 89 heavy (non-hydrogen) atoms. The molecule has 0 aliphatic rings. The van der Waals surface area contributed by atoms with Crippen LogP contribution in [0.25, 0.3) is 0 Å². The predicted octanol–water partition coefficient (Wildman–Crippen LogP) is 19.2. The highest BCUT2D eigenvalue weighted by atomic mass is 31.2. The molecule has 0 saturated carbocycles. The van der Waals surface area contributed by atoms with Crippen molar-refractivity contribution in [2.24, 2.45) is 5.92 Å². The van der Waals surface area contributed by atoms with Gasteiger partial charge in [-0.1, -0.05) is 257 Å². The second-order valence-electron chi connectivity index (χ2n) is 24.1. The zero-order valence-corrected chi connectivity index (χ0v) is 58.3. The molecule has 0 rings (SSSR count). The molecule has 0 amide bonds. The van der Waals surface area contributed by atoms with E-state index in [1.807, 2.05) is 0 Å². The first-order chi connectivity index (χ1) is 43.1. The van der Waals surface area contributed by atoms with Gasteiger partial charge < -0.3 is 33.8 Å². The average Bonchev–Trinajstić information content (AvgIpc) is 3.63. The number of aliphatic hydroxyl groups is 1. The molecule has 0 spiro atoms. The van der Waals surface area contributed by atoms with E-state index in [2.05, 4.69) is 83.2 Å². The predicted molar refractivity (Wildman–Crippen MR) is 358 cm³/mol. The first kappa shape index (κ1) is 86.0. The maximum Gasteiger partial charge on any atom is 0.472 e. The third-order valence-corrected chi connectivity index (χ3v) is 17.3. The minimum Gasteiger partial charge on any atom is -0.462 e. The smallest absolute Gasteiger partial charge is 0.462 e. The number of phosphoric acid groups is 2. The Morgan fingerprint density at radius 2 is 0.629 bits per heavy atom. The summed E-state index contributed by atoms with van der Waals surface area (Å²) >= 11 is 0. The molecule has 0 aromatic carbocycles. The number of allylic oxidation sites excluding steroid dienone is 8. The molecule has 0 saturated heterocycles. The van der Waals surface area contributed by atoms with E-state index in [1.54, 1.807) is 0 Å². The molecular weight excluding hydrogens is 1170 g/mol. The molecule has 0 aliphatic carbocycles. The summed E-state index contributed by atoms with van der Waals surface area (Å²) in [6.07, 6.45) is 54.4. The lowest BCUT2D eigenvalue weighted by Crippen LogP contribution is -2.30. The van der Waals surface area contributed by atoms with E-state index in [0.29, 0.717) is 25.7 Å². The molecule has 0 heterocycles. The van der Waals surface area contributed by atoms with Crippen LogP contribution in [0.2, 0.25) is 0 Å². The van der Waals surface area contributed by atoms with Gasteiger partial charge in [0.25, 0.3) is 0 Å². The van der Waals surface area contributed by atoms with Crippen LogP contribution in [-0.2, 0) is 65.4 Å². The Morgan fingerprint density at radius 3 is 0.955 bits per heavy atom. The van der Waals surface area contributed by atoms with E-state index in [4.69, 9.17) is 37.0 Å². The van der Waals surface area contributed by atoms with Crippen molar-refractivity contribution in [3.63, 3.8) is 0 Å². The molecule has 0 radical (unpaired) electrons. The van der Waals surface area contributed by atoms with Crippen molar-refractivity contribution in [3.05, 3.63) is 48.6 Å². The zero-order chi connectivity index (χ0) is 65.6. The Kier molecular flexibility index (Phi) is 60.4. The van der Waals surface area contributed by atoms with Gasteiger partial charge in [-0.2, -0.15) is 0 Å². The SMILES string of the molecule is CCCCCC/C=C\C=C/CCCCCCCC(=O)OC[C@H](COP(=O)(O)OC[C@@H](O)COP(=O)(O)OC[C@@H](COC(=O)CCCCCCCCCCC)OC(=O)CCCCCCCCC(C)CC)OC(=O)CCCCCCC/C=C\C=C/CCCCCC. The van der Waals surface area contributed by atoms with E-state index in [-0.39, 0.29) is 25.7 Å². The number of ether oxygens (including phenoxy) is 4. The molecule has 3 unspecified atom stereocenters. The van der Waals surface area contributed by atoms with E-state index in [9.17, 15) is 43.2 Å². The Morgan fingerprint density at radius 1 is 0.360 bits per heavy atom. The fourth-order valence-electron chi connectivity index (χ4n) is 9.53. The summed E-state index contributed by atoms with van der Waals surface area (Å²) in [5.74, 6) is -1.47. The third kappa shape index (κ3) is 62.3. The topological polar surface area (TPSA) is 237 Å². The number of aliphatic hydroxyl groups excluding tert-OH is 1. The summed E-state index contributed by atoms with van der Waals surface area (Å²) in [5, 5.41) is 10.6. The van der Waals surface area contributed by atoms with Crippen LogP contribution in [0.15, 0.2) is 48.6 Å². The first-order valence-corrected chi connectivity index (χ1v) is 38.3. The zero-order valence-electron chi connectivity index (χ0n) is 56.5. The number of carbonyl (C=O) groups excluding carboxylic acids is 4. The standard InChI is InChI=1S/C70H128O17P2/c1-6-10-13-16-19-22-24-26-28-30-32-35-38-44-49-54-68(73)81-59-65(86-69(74)55-50-45-39-36-33-31-29-27-25-23-20-17-14-11-7-2)61-84-88(76,77)82-57-64(71)58-83-89(78,79)85-62-66(60-80-67(72)53-48-43-37-34-21-18-15-12-8-3)87-70(75)56-51-46-41-40-42-47-52-63(5)9-4/h22-29,63-66,71H,6-21,30-62H2,1-5H3,(H,76,77)(H,78,79)/b24-22-,25-23-,28-26-,29-27-/t63?,64-,65-,66-/m1/s1. The lowest BCUT2D eigenvalue weighted by Gasteiger charge is -2.21. The van der Waals surface area contributed by atoms with Crippen LogP contribution in [0.1, 0.15) is 311 Å². The number of rotatable bonds is 66. The summed E-state index contributed by atoms with van der Waals surface area (Å²) in [4.78, 5) is 72.4. The lowest BCUT2D eigenvalue weighted by atomic mass is 10.00. The molecule has 520 valence electrons. The van der Waals surface area contributed by atoms with E-state index in [0.717, 1.165) is 128 Å². The fourth-order valence-corrected chi connectivity index (χ4v) is 11.1. The second-order valence-corrected chi connectivity index (χ2v) is 27.0. The fraction of sp³-hybridized carbons (Fsp3) is 0.829. The highest BCUT2D eigenvalue weighted by Crippen LogP contribution is 2.45. The van der Waals surface area contributed by atoms with Crippen LogP contribution in [0.5, 0.6) is 0 Å². The van der Waals surface area contributed by atoms with Crippen LogP contribution in [0.3, 0.4) is 0 Å². The Hall–Kier alpha value is -2.98. The Bertz CT molecular complexity index is 1910. The van der Waals surface area contributed by atoms with E-state index >= 15 is 0 Å². The number of unbranched alkanes of at least 4 members (excludes halogenated alkanes) is 31. The molecule has 0 bridgehead atoms. The average molecular weight is 1300 g/mol. The molecule has 0 aliphatic heterocycles. The van der Waals surface area contributed by atoms with Gasteiger partial charge in [-0.3, -0.25) is 37.3 Å². The number of hydrogen-bond acceptors (Lipinski definition) is 15. The van der Waals surface area contributed by atoms with Gasteiger partial charge in [0, 0.05) is 25.7 Å². The summed E-state index contributed by atoms with van der Waals surface area (Å²) in [6, 6.07) is 0. The van der Waals surface area contributed by atoms with Crippen LogP contribution in [0, 0.1) is 5.92 Å². The van der Waals surface area contributed by atoms with Crippen molar-refractivity contribution in [2.75, 3.05) is 39.6 Å². The molecule has 17 nitrogen and oxygen atoms in total. The van der Waals surface area contributed by atoms with Crippen LogP contribution >= 0.6 is 15.6 Å². The summed E-state index contributed by atoms with van der Waals surface area (Å²) < 4.78 is 68.1. The van der Waals surface area contributed by atoms with Gasteiger partial charge in [0.15, 0.2) is 12.2 Å². The number of carbonyl (C=O) groups is 4. The van der Waals surface area contributed by atoms with Gasteiger partial charge in [0.05, 0.1) is 26.4 Å². The maximum atomic E-state index is 13.0. The largest absolute Gasteiger partial charge is 0.472 e. The number of hydrogen-bond donors (Lipinski definition) is 3. The summed E-state index contributed by atoms with van der Waals surface area (Å²) in [5.41, 5.74) is 0. The van der Waals surface area contributed by atoms with Crippen LogP contribution < -0.4 is 0 Å². The van der Waals surface area contributed by atoms with Crippen molar-refractivity contribution >= 4 is 39.5 Å². The van der Waals surface area contributed by atoms with Crippen LogP contribution in [0.4, 0.5) is 0 Å². The van der Waals surface area contributed by atoms with Gasteiger partial charge in [-0.25, -0.2) is 9.13 Å². The van der Waals surface area contributed by atoms with Gasteiger partial charge in [-0.15, -0.1) is 0 Å². The van der Waals surface area contributed by atoms with Crippen molar-refractivity contribution in [1.82, 2.24) is 0 Å². The normalized spacial score (nSPS) is 14.7. The van der Waals surface area contributed by atoms with Gasteiger partial charge in [0.1, 0.15) is 19.3 Å². The first-order valence-electron chi connectivity index (χ1n) is 35.3. The molecule has 3 N–H and O–H groups in total. The Balaban J connectivity index is 5.31. The maximum absolute atomic E-state index is 13.0. The van der Waals surface area contributed by atoms with Crippen molar-refractivity contribution < 1.29 is 80.2 Å². The van der Waals surface area contributed by atoms with Gasteiger partial charge >= 0.3 is 39.5 Å². The van der Waals surface area contributed by atoms with Crippen molar-refractivity contribution in [3.8, 4) is 0 Å². The number of phosphoric ester groups is 2. The van der Waals surface area contributed by atoms with Crippen molar-refractivity contribution in [1.29, 1.82) is 0 Å². The molecule has 0 fully saturated rings. The molecule has 0 aromatic heterocycles. The molecule has 0 aromatic rings. The van der Waals surface area contributed by atoms with Gasteiger partial charge in [0.2, 0.25) is 0 Å². The quantitative estimate of drug-likeness (QED) is 0.0169. The monoisotopic (exact) mass is 1300 g/mol. The molecule has 19 heteroatoms. The second kappa shape index (κ2) is 62.5. The van der Waals surface area contributed by atoms with Crippen LogP contribution in [-0.4, -0.2) is 96.7 Å². The highest BCUT2D eigenvalue weighted by molar-refractivity contribution is 7.47. The summed E-state index contributed by atoms with van der Waals surface area (Å²) in [7, 11) is -9.92. The minimum atomic E-state index is -4.97. The molecular formula is C70H128O17P2. The van der Waals surface area contributed by atoms with E-state index < -0.39 is 97.5 Å². The Labute approximate surface area is 540 Å². The summed E-state index contributed by atoms with van der Waals surface area (Å²) in [6.45, 7) is 7.04. The third-order valence-electron chi connectivity index (χ3n) is 15.4. The minimum absolute atomic E-state index is 0.0780. The lowest BCUT2D eigenvalue weighted by molar-refractivity contribution is -0.161. The molecule has 6 atom stereocenters. The van der Waals surface area contributed by atoms with E-state index in [1.165, 1.54) is 103 Å². The number of esters is 4. The van der Waals surface area contributed by atoms with Gasteiger partial charge in [-0.05, 0) is 83.0 Å². The van der Waals surface area contributed by atoms with Crippen molar-refractivity contribution in [2.45, 2.75) is 329 Å². The highest BCUT2D eigenvalue weighted by Gasteiger charge is 2.30.